The van der Waals surface area contributed by atoms with Crippen LogP contribution in [0.1, 0.15) is 31.9 Å². The third-order valence-corrected chi connectivity index (χ3v) is 2.64. The first kappa shape index (κ1) is 11.1. The lowest BCUT2D eigenvalue weighted by Gasteiger charge is -2.07. The fraction of sp³-hybridized carbons (Fsp3) is 0.462. The van der Waals surface area contributed by atoms with Crippen LogP contribution in [0.15, 0.2) is 23.2 Å². The fourth-order valence-corrected chi connectivity index (χ4v) is 1.67. The molecule has 0 spiro atoms. The molecule has 1 aliphatic rings. The Morgan fingerprint density at radius 3 is 2.69 bits per heavy atom. The Morgan fingerprint density at radius 1 is 1.44 bits per heavy atom. The molecule has 2 nitrogen and oxygen atoms in total. The molecule has 16 heavy (non-hydrogen) atoms. The Bertz CT molecular complexity index is 438. The van der Waals surface area contributed by atoms with Crippen molar-refractivity contribution in [2.75, 3.05) is 6.61 Å². The summed E-state index contributed by atoms with van der Waals surface area (Å²) in [5, 5.41) is 0. The van der Waals surface area contributed by atoms with Gasteiger partial charge in [0, 0.05) is 0 Å². The Labute approximate surface area is 95.2 Å². The van der Waals surface area contributed by atoms with Crippen LogP contribution in [0.25, 0.3) is 0 Å². The van der Waals surface area contributed by atoms with E-state index >= 15 is 0 Å². The maximum absolute atomic E-state index is 13.8. The first-order chi connectivity index (χ1) is 7.52. The lowest BCUT2D eigenvalue weighted by molar-refractivity contribution is 0.279. The fourth-order valence-electron chi connectivity index (χ4n) is 1.67. The zero-order valence-corrected chi connectivity index (χ0v) is 9.88. The van der Waals surface area contributed by atoms with E-state index in [1.807, 2.05) is 26.8 Å². The molecule has 0 amide bonds. The lowest BCUT2D eigenvalue weighted by atomic mass is 10.1. The van der Waals surface area contributed by atoms with E-state index in [1.165, 1.54) is 0 Å². The average Bonchev–Trinajstić information content (AvgIpc) is 2.58. The van der Waals surface area contributed by atoms with Crippen LogP contribution in [-0.2, 0) is 11.2 Å². The zero-order chi connectivity index (χ0) is 11.8. The molecule has 86 valence electrons. The van der Waals surface area contributed by atoms with Gasteiger partial charge in [0.1, 0.15) is 12.4 Å². The van der Waals surface area contributed by atoms with Crippen molar-refractivity contribution >= 4 is 5.90 Å². The van der Waals surface area contributed by atoms with Crippen LogP contribution in [0.5, 0.6) is 0 Å². The monoisotopic (exact) mass is 221 g/mol. The molecule has 1 aromatic rings. The molecule has 0 radical (unpaired) electrons. The van der Waals surface area contributed by atoms with Gasteiger partial charge in [-0.1, -0.05) is 13.0 Å². The topological polar surface area (TPSA) is 21.6 Å². The number of ether oxygens (including phenoxy) is 1. The number of nitrogens with zero attached hydrogens (tertiary/aromatic N) is 1. The molecular weight excluding hydrogens is 205 g/mol. The van der Waals surface area contributed by atoms with E-state index in [-0.39, 0.29) is 11.4 Å². The van der Waals surface area contributed by atoms with Crippen LogP contribution in [0.4, 0.5) is 4.39 Å². The second-order valence-electron chi connectivity index (χ2n) is 4.69. The van der Waals surface area contributed by atoms with Gasteiger partial charge in [0.25, 0.3) is 0 Å². The van der Waals surface area contributed by atoms with Crippen molar-refractivity contribution in [3.8, 4) is 0 Å². The molecule has 1 heterocycles. The van der Waals surface area contributed by atoms with Gasteiger partial charge in [0.05, 0.1) is 11.1 Å². The van der Waals surface area contributed by atoms with Crippen LogP contribution in [0.2, 0.25) is 0 Å². The minimum absolute atomic E-state index is 0.245. The van der Waals surface area contributed by atoms with Gasteiger partial charge in [-0.3, -0.25) is 0 Å². The predicted molar refractivity (Wildman–Crippen MR) is 62.3 cm³/mol. The summed E-state index contributed by atoms with van der Waals surface area (Å²) in [5.74, 6) is 0.168. The smallest absolute Gasteiger partial charge is 0.219 e. The van der Waals surface area contributed by atoms with Crippen molar-refractivity contribution in [1.82, 2.24) is 0 Å². The van der Waals surface area contributed by atoms with E-state index < -0.39 is 0 Å². The summed E-state index contributed by atoms with van der Waals surface area (Å²) in [6.07, 6.45) is 0.829. The summed E-state index contributed by atoms with van der Waals surface area (Å²) < 4.78 is 19.2. The molecular formula is C13H16FNO. The zero-order valence-electron chi connectivity index (χ0n) is 9.88. The minimum Gasteiger partial charge on any atom is -0.475 e. The quantitative estimate of drug-likeness (QED) is 0.752. The minimum atomic E-state index is -0.254. The molecule has 1 aromatic carbocycles. The molecule has 0 saturated carbocycles. The average molecular weight is 221 g/mol. The largest absolute Gasteiger partial charge is 0.475 e. The lowest BCUT2D eigenvalue weighted by Crippen LogP contribution is -2.17. The van der Waals surface area contributed by atoms with Crippen LogP contribution in [0, 0.1) is 5.82 Å². The summed E-state index contributed by atoms with van der Waals surface area (Å²) in [7, 11) is 0. The number of halogens is 1. The predicted octanol–water partition coefficient (Wildman–Crippen LogP) is 2.94. The van der Waals surface area contributed by atoms with Crippen LogP contribution >= 0.6 is 0 Å². The molecule has 0 atom stereocenters. The Balaban J connectivity index is 2.35. The molecule has 0 fully saturated rings. The molecule has 0 saturated heterocycles. The standard InChI is InChI=1S/C13H16FNO/c1-4-9-5-6-10(11(14)7-9)12-15-13(2,3)8-16-12/h5-7H,4,8H2,1-3H3. The van der Waals surface area contributed by atoms with Gasteiger partial charge in [0.2, 0.25) is 5.90 Å². The van der Waals surface area contributed by atoms with Gasteiger partial charge in [-0.25, -0.2) is 9.38 Å². The normalized spacial score (nSPS) is 18.1. The molecule has 2 rings (SSSR count). The number of aliphatic imine (C=N–C) groups is 1. The van der Waals surface area contributed by atoms with Crippen molar-refractivity contribution in [1.29, 1.82) is 0 Å². The maximum atomic E-state index is 13.8. The van der Waals surface area contributed by atoms with Crippen molar-refractivity contribution < 1.29 is 9.13 Å². The molecule has 0 aliphatic carbocycles. The Hall–Kier alpha value is -1.38. The molecule has 3 heteroatoms. The first-order valence-corrected chi connectivity index (χ1v) is 5.53. The molecule has 0 N–H and O–H groups in total. The highest BCUT2D eigenvalue weighted by Crippen LogP contribution is 2.22. The number of aryl methyl sites for hydroxylation is 1. The van der Waals surface area contributed by atoms with Crippen LogP contribution in [0.3, 0.4) is 0 Å². The number of benzene rings is 1. The summed E-state index contributed by atoms with van der Waals surface area (Å²) in [6, 6.07) is 5.20. The van der Waals surface area contributed by atoms with Gasteiger partial charge in [-0.15, -0.1) is 0 Å². The second kappa shape index (κ2) is 3.89. The van der Waals surface area contributed by atoms with E-state index in [0.717, 1.165) is 12.0 Å². The highest BCUT2D eigenvalue weighted by atomic mass is 19.1. The molecule has 0 unspecified atom stereocenters. The van der Waals surface area contributed by atoms with E-state index in [0.29, 0.717) is 18.1 Å². The van der Waals surface area contributed by atoms with Crippen LogP contribution < -0.4 is 0 Å². The maximum Gasteiger partial charge on any atom is 0.219 e. The van der Waals surface area contributed by atoms with Crippen molar-refractivity contribution in [2.24, 2.45) is 4.99 Å². The van der Waals surface area contributed by atoms with Gasteiger partial charge in [-0.05, 0) is 38.0 Å². The number of hydrogen-bond donors (Lipinski definition) is 0. The SMILES string of the molecule is CCc1ccc(C2=NC(C)(C)CO2)c(F)c1. The third kappa shape index (κ3) is 2.08. The Morgan fingerprint density at radius 2 is 2.19 bits per heavy atom. The van der Waals surface area contributed by atoms with Crippen molar-refractivity contribution in [2.45, 2.75) is 32.7 Å². The van der Waals surface area contributed by atoms with Gasteiger partial charge < -0.3 is 4.74 Å². The van der Waals surface area contributed by atoms with Crippen molar-refractivity contribution in [3.05, 3.63) is 35.1 Å². The van der Waals surface area contributed by atoms with Gasteiger partial charge in [0.15, 0.2) is 0 Å². The summed E-state index contributed by atoms with van der Waals surface area (Å²) in [4.78, 5) is 4.36. The second-order valence-corrected chi connectivity index (χ2v) is 4.69. The summed E-state index contributed by atoms with van der Waals surface area (Å²) in [6.45, 7) is 6.45. The number of hydrogen-bond acceptors (Lipinski definition) is 2. The molecule has 0 aromatic heterocycles. The van der Waals surface area contributed by atoms with E-state index in [2.05, 4.69) is 4.99 Å². The third-order valence-electron chi connectivity index (χ3n) is 2.64. The van der Waals surface area contributed by atoms with Gasteiger partial charge in [-0.2, -0.15) is 0 Å². The summed E-state index contributed by atoms with van der Waals surface area (Å²) >= 11 is 0. The molecule has 1 aliphatic heterocycles. The van der Waals surface area contributed by atoms with Crippen LogP contribution in [-0.4, -0.2) is 18.0 Å². The molecule has 0 bridgehead atoms. The first-order valence-electron chi connectivity index (χ1n) is 5.53. The number of rotatable bonds is 2. The highest BCUT2D eigenvalue weighted by Gasteiger charge is 2.28. The van der Waals surface area contributed by atoms with Gasteiger partial charge >= 0.3 is 0 Å². The van der Waals surface area contributed by atoms with E-state index in [9.17, 15) is 4.39 Å². The van der Waals surface area contributed by atoms with Crippen molar-refractivity contribution in [3.63, 3.8) is 0 Å². The Kier molecular flexibility index (Phi) is 2.70. The highest BCUT2D eigenvalue weighted by molar-refractivity contribution is 5.95. The van der Waals surface area contributed by atoms with E-state index in [1.54, 1.807) is 12.1 Å². The van der Waals surface area contributed by atoms with E-state index in [4.69, 9.17) is 4.74 Å². The summed E-state index contributed by atoms with van der Waals surface area (Å²) in [5.41, 5.74) is 1.20.